The Hall–Kier alpha value is -1.99. The van der Waals surface area contributed by atoms with Crippen molar-refractivity contribution in [1.82, 2.24) is 0 Å². The van der Waals surface area contributed by atoms with Crippen LogP contribution >= 0.6 is 0 Å². The first-order valence-corrected chi connectivity index (χ1v) is 3.92. The highest BCUT2D eigenvalue weighted by molar-refractivity contribution is 5.55. The molecule has 16 heavy (non-hydrogen) atoms. The largest absolute Gasteiger partial charge is 0.573 e. The van der Waals surface area contributed by atoms with E-state index < -0.39 is 28.5 Å². The summed E-state index contributed by atoms with van der Waals surface area (Å²) in [6.45, 7) is 0. The smallest absolute Gasteiger partial charge is 0.488 e. The Balaban J connectivity index is 3.19. The van der Waals surface area contributed by atoms with Crippen LogP contribution in [0, 0.1) is 10.1 Å². The molecule has 0 saturated heterocycles. The van der Waals surface area contributed by atoms with E-state index in [1.807, 2.05) is 0 Å². The zero-order valence-corrected chi connectivity index (χ0v) is 7.95. The van der Waals surface area contributed by atoms with E-state index in [-0.39, 0.29) is 0 Å². The van der Waals surface area contributed by atoms with Gasteiger partial charge < -0.3 is 9.47 Å². The average Bonchev–Trinajstić information content (AvgIpc) is 2.14. The van der Waals surface area contributed by atoms with Crippen LogP contribution in [0.5, 0.6) is 11.5 Å². The Bertz CT molecular complexity index is 405. The van der Waals surface area contributed by atoms with Gasteiger partial charge in [0.25, 0.3) is 0 Å². The van der Waals surface area contributed by atoms with Crippen LogP contribution in [0.1, 0.15) is 0 Å². The lowest BCUT2D eigenvalue weighted by molar-refractivity contribution is -0.386. The summed E-state index contributed by atoms with van der Waals surface area (Å²) in [5.41, 5.74) is -0.593. The molecule has 0 spiro atoms. The summed E-state index contributed by atoms with van der Waals surface area (Å²) in [5.74, 6) is -1.31. The zero-order valence-electron chi connectivity index (χ0n) is 7.95. The number of methoxy groups -OCH3 is 1. The SMILES string of the molecule is COc1c(OC(F)(F)F)cccc1[N+](=O)[O-]. The standard InChI is InChI=1S/C8H6F3NO4/c1-15-7-5(12(13)14)3-2-4-6(7)16-8(9,10)11/h2-4H,1H3. The number of nitro benzene ring substituents is 1. The van der Waals surface area contributed by atoms with Crippen LogP contribution in [0.25, 0.3) is 0 Å². The van der Waals surface area contributed by atoms with Crippen LogP contribution in [0.15, 0.2) is 18.2 Å². The maximum atomic E-state index is 11.9. The van der Waals surface area contributed by atoms with Crippen molar-refractivity contribution in [2.24, 2.45) is 0 Å². The second-order valence-corrected chi connectivity index (χ2v) is 2.61. The normalized spacial score (nSPS) is 11.0. The average molecular weight is 237 g/mol. The Morgan fingerprint density at radius 3 is 2.44 bits per heavy atom. The summed E-state index contributed by atoms with van der Waals surface area (Å²) >= 11 is 0. The molecule has 0 atom stereocenters. The highest BCUT2D eigenvalue weighted by Gasteiger charge is 2.34. The van der Waals surface area contributed by atoms with Gasteiger partial charge in [-0.2, -0.15) is 0 Å². The van der Waals surface area contributed by atoms with Crippen molar-refractivity contribution < 1.29 is 27.6 Å². The van der Waals surface area contributed by atoms with Gasteiger partial charge in [0.15, 0.2) is 5.75 Å². The maximum absolute atomic E-state index is 11.9. The summed E-state index contributed by atoms with van der Waals surface area (Å²) in [7, 11) is 1.02. The van der Waals surface area contributed by atoms with Gasteiger partial charge in [-0.15, -0.1) is 13.2 Å². The van der Waals surface area contributed by atoms with E-state index in [1.54, 1.807) is 0 Å². The Morgan fingerprint density at radius 1 is 1.38 bits per heavy atom. The minimum Gasteiger partial charge on any atom is -0.488 e. The van der Waals surface area contributed by atoms with Gasteiger partial charge >= 0.3 is 12.0 Å². The minimum absolute atomic E-state index is 0.565. The molecule has 0 aliphatic heterocycles. The monoisotopic (exact) mass is 237 g/mol. The molecule has 0 saturated carbocycles. The molecule has 0 bridgehead atoms. The first kappa shape index (κ1) is 12.1. The number of alkyl halides is 3. The number of nitrogens with zero attached hydrogens (tertiary/aromatic N) is 1. The van der Waals surface area contributed by atoms with Gasteiger partial charge in [0, 0.05) is 6.07 Å². The highest BCUT2D eigenvalue weighted by Crippen LogP contribution is 2.38. The van der Waals surface area contributed by atoms with E-state index in [0.29, 0.717) is 0 Å². The second-order valence-electron chi connectivity index (χ2n) is 2.61. The number of hydrogen-bond donors (Lipinski definition) is 0. The van der Waals surface area contributed by atoms with Crippen molar-refractivity contribution in [3.05, 3.63) is 28.3 Å². The lowest BCUT2D eigenvalue weighted by Gasteiger charge is -2.11. The number of hydrogen-bond acceptors (Lipinski definition) is 4. The molecule has 0 fully saturated rings. The predicted octanol–water partition coefficient (Wildman–Crippen LogP) is 2.50. The Kier molecular flexibility index (Phi) is 3.21. The minimum atomic E-state index is -4.93. The number of rotatable bonds is 3. The van der Waals surface area contributed by atoms with Crippen LogP contribution in [-0.4, -0.2) is 18.4 Å². The molecule has 8 heteroatoms. The van der Waals surface area contributed by atoms with E-state index >= 15 is 0 Å². The molecule has 1 rings (SSSR count). The highest BCUT2D eigenvalue weighted by atomic mass is 19.4. The van der Waals surface area contributed by atoms with Gasteiger partial charge in [0.2, 0.25) is 5.75 Å². The molecular weight excluding hydrogens is 231 g/mol. The van der Waals surface area contributed by atoms with Crippen molar-refractivity contribution in [1.29, 1.82) is 0 Å². The Labute approximate surface area is 87.5 Å². The fraction of sp³-hybridized carbons (Fsp3) is 0.250. The first-order chi connectivity index (χ1) is 7.35. The third kappa shape index (κ3) is 2.75. The summed E-state index contributed by atoms with van der Waals surface area (Å²) < 4.78 is 43.9. The molecule has 0 aliphatic carbocycles. The fourth-order valence-electron chi connectivity index (χ4n) is 1.06. The summed E-state index contributed by atoms with van der Waals surface area (Å²) in [6.07, 6.45) is -4.93. The van der Waals surface area contributed by atoms with Crippen molar-refractivity contribution in [3.8, 4) is 11.5 Å². The lowest BCUT2D eigenvalue weighted by atomic mass is 10.3. The van der Waals surface area contributed by atoms with E-state index in [4.69, 9.17) is 0 Å². The van der Waals surface area contributed by atoms with Crippen LogP contribution in [0.3, 0.4) is 0 Å². The number of halogens is 3. The number of para-hydroxylation sites is 1. The van der Waals surface area contributed by atoms with Crippen LogP contribution in [0.4, 0.5) is 18.9 Å². The van der Waals surface area contributed by atoms with Crippen molar-refractivity contribution in [3.63, 3.8) is 0 Å². The first-order valence-electron chi connectivity index (χ1n) is 3.92. The molecular formula is C8H6F3NO4. The van der Waals surface area contributed by atoms with Gasteiger partial charge in [-0.1, -0.05) is 6.07 Å². The number of ether oxygens (including phenoxy) is 2. The van der Waals surface area contributed by atoms with E-state index in [2.05, 4.69) is 9.47 Å². The molecule has 0 aliphatic rings. The quantitative estimate of drug-likeness (QED) is 0.598. The Morgan fingerprint density at radius 2 is 2.00 bits per heavy atom. The van der Waals surface area contributed by atoms with Crippen molar-refractivity contribution >= 4 is 5.69 Å². The molecule has 1 aromatic rings. The predicted molar refractivity (Wildman–Crippen MR) is 46.3 cm³/mol. The van der Waals surface area contributed by atoms with Crippen molar-refractivity contribution in [2.75, 3.05) is 7.11 Å². The molecule has 88 valence electrons. The molecule has 0 N–H and O–H groups in total. The third-order valence-corrected chi connectivity index (χ3v) is 1.58. The summed E-state index contributed by atoms with van der Waals surface area (Å²) in [4.78, 5) is 9.63. The molecule has 0 aromatic heterocycles. The summed E-state index contributed by atoms with van der Waals surface area (Å²) in [6, 6.07) is 3.02. The van der Waals surface area contributed by atoms with Gasteiger partial charge in [-0.25, -0.2) is 0 Å². The van der Waals surface area contributed by atoms with Gasteiger partial charge in [0.05, 0.1) is 12.0 Å². The topological polar surface area (TPSA) is 61.6 Å². The molecule has 0 unspecified atom stereocenters. The summed E-state index contributed by atoms with van der Waals surface area (Å²) in [5, 5.41) is 10.5. The van der Waals surface area contributed by atoms with E-state index in [1.165, 1.54) is 0 Å². The molecule has 0 radical (unpaired) electrons. The molecule has 5 nitrogen and oxygen atoms in total. The number of nitro groups is 1. The second kappa shape index (κ2) is 4.25. The van der Waals surface area contributed by atoms with Gasteiger partial charge in [0.1, 0.15) is 0 Å². The maximum Gasteiger partial charge on any atom is 0.573 e. The van der Waals surface area contributed by atoms with Gasteiger partial charge in [-0.05, 0) is 6.07 Å². The van der Waals surface area contributed by atoms with Crippen LogP contribution < -0.4 is 9.47 Å². The molecule has 0 heterocycles. The fourth-order valence-corrected chi connectivity index (χ4v) is 1.06. The third-order valence-electron chi connectivity index (χ3n) is 1.58. The van der Waals surface area contributed by atoms with E-state index in [0.717, 1.165) is 25.3 Å². The van der Waals surface area contributed by atoms with Crippen LogP contribution in [0.2, 0.25) is 0 Å². The van der Waals surface area contributed by atoms with E-state index in [9.17, 15) is 23.3 Å². The lowest BCUT2D eigenvalue weighted by Crippen LogP contribution is -2.17. The van der Waals surface area contributed by atoms with Gasteiger partial charge in [-0.3, -0.25) is 10.1 Å². The van der Waals surface area contributed by atoms with Crippen LogP contribution in [-0.2, 0) is 0 Å². The molecule has 0 amide bonds. The number of benzene rings is 1. The zero-order chi connectivity index (χ0) is 12.3. The molecule has 1 aromatic carbocycles. The van der Waals surface area contributed by atoms with Crippen molar-refractivity contribution in [2.45, 2.75) is 6.36 Å².